The summed E-state index contributed by atoms with van der Waals surface area (Å²) in [5.74, 6) is 0.341. The minimum absolute atomic E-state index is 0.0372. The molecule has 0 unspecified atom stereocenters. The van der Waals surface area contributed by atoms with Crippen molar-refractivity contribution in [3.63, 3.8) is 0 Å². The molecule has 1 aromatic heterocycles. The van der Waals surface area contributed by atoms with Crippen LogP contribution in [0.1, 0.15) is 48.7 Å². The zero-order chi connectivity index (χ0) is 14.0. The molecule has 5 heteroatoms. The van der Waals surface area contributed by atoms with E-state index in [1.165, 1.54) is 0 Å². The average molecular weight is 279 g/mol. The molecular formula is C15H21NO4. The van der Waals surface area contributed by atoms with Gasteiger partial charge in [-0.2, -0.15) is 0 Å². The van der Waals surface area contributed by atoms with Crippen LogP contribution in [-0.2, 0) is 15.9 Å². The molecule has 2 fully saturated rings. The molecule has 0 bridgehead atoms. The topological polar surface area (TPSA) is 60.7 Å². The third kappa shape index (κ3) is 2.60. The normalized spacial score (nSPS) is 22.2. The number of ether oxygens (including phenoxy) is 2. The molecule has 110 valence electrons. The van der Waals surface area contributed by atoms with E-state index in [1.54, 1.807) is 12.3 Å². The van der Waals surface area contributed by atoms with Gasteiger partial charge in [-0.15, -0.1) is 0 Å². The van der Waals surface area contributed by atoms with E-state index >= 15 is 0 Å². The van der Waals surface area contributed by atoms with E-state index in [-0.39, 0.29) is 17.7 Å². The second-order valence-electron chi connectivity index (χ2n) is 5.47. The van der Waals surface area contributed by atoms with Crippen LogP contribution in [0, 0.1) is 0 Å². The third-order valence-corrected chi connectivity index (χ3v) is 4.21. The lowest BCUT2D eigenvalue weighted by Gasteiger charge is -2.35. The molecule has 1 N–H and O–H groups in total. The van der Waals surface area contributed by atoms with Crippen LogP contribution in [0.5, 0.6) is 0 Å². The van der Waals surface area contributed by atoms with Gasteiger partial charge in [0.15, 0.2) is 5.79 Å². The Bertz CT molecular complexity index is 466. The highest BCUT2D eigenvalue weighted by Crippen LogP contribution is 2.35. The molecule has 1 aromatic rings. The Morgan fingerprint density at radius 1 is 1.35 bits per heavy atom. The van der Waals surface area contributed by atoms with Gasteiger partial charge in [-0.05, 0) is 18.9 Å². The zero-order valence-corrected chi connectivity index (χ0v) is 11.8. The maximum atomic E-state index is 12.2. The lowest BCUT2D eigenvalue weighted by Crippen LogP contribution is -2.44. The van der Waals surface area contributed by atoms with Crippen LogP contribution in [0.25, 0.3) is 0 Å². The predicted octanol–water partition coefficient (Wildman–Crippen LogP) is 2.26. The number of furan rings is 1. The third-order valence-electron chi connectivity index (χ3n) is 4.21. The quantitative estimate of drug-likeness (QED) is 0.922. The van der Waals surface area contributed by atoms with Crippen molar-refractivity contribution in [3.05, 3.63) is 23.7 Å². The number of hydrogen-bond donors (Lipinski definition) is 1. The molecule has 1 aliphatic carbocycles. The Hall–Kier alpha value is -1.33. The van der Waals surface area contributed by atoms with Crippen LogP contribution in [0.2, 0.25) is 0 Å². The first-order valence-electron chi connectivity index (χ1n) is 7.37. The molecule has 0 radical (unpaired) electrons. The highest BCUT2D eigenvalue weighted by Gasteiger charge is 2.40. The Balaban J connectivity index is 1.55. The van der Waals surface area contributed by atoms with Crippen LogP contribution in [0.4, 0.5) is 0 Å². The predicted molar refractivity (Wildman–Crippen MR) is 72.4 cm³/mol. The van der Waals surface area contributed by atoms with E-state index in [1.807, 2.05) is 6.92 Å². The van der Waals surface area contributed by atoms with Crippen molar-refractivity contribution in [2.75, 3.05) is 13.2 Å². The first-order chi connectivity index (χ1) is 9.72. The summed E-state index contributed by atoms with van der Waals surface area (Å²) in [4.78, 5) is 12.2. The molecule has 1 aliphatic heterocycles. The number of rotatable bonds is 3. The summed E-state index contributed by atoms with van der Waals surface area (Å²) in [5, 5.41) is 3.09. The molecule has 1 saturated carbocycles. The molecule has 2 heterocycles. The van der Waals surface area contributed by atoms with Crippen molar-refractivity contribution >= 4 is 5.91 Å². The van der Waals surface area contributed by atoms with Gasteiger partial charge in [-0.25, -0.2) is 0 Å². The second-order valence-corrected chi connectivity index (χ2v) is 5.47. The number of nitrogens with one attached hydrogen (secondary N) is 1. The van der Waals surface area contributed by atoms with Gasteiger partial charge in [0.05, 0.1) is 25.0 Å². The van der Waals surface area contributed by atoms with Gasteiger partial charge >= 0.3 is 0 Å². The monoisotopic (exact) mass is 279 g/mol. The van der Waals surface area contributed by atoms with E-state index in [2.05, 4.69) is 5.32 Å². The standard InChI is InChI=1S/C15H21NO4/c1-2-13-12(5-8-18-13)14(17)16-11-3-6-15(7-4-11)19-9-10-20-15/h5,8,11H,2-4,6-7,9-10H2,1H3,(H,16,17). The van der Waals surface area contributed by atoms with Crippen LogP contribution >= 0.6 is 0 Å². The lowest BCUT2D eigenvalue weighted by atomic mass is 9.90. The van der Waals surface area contributed by atoms with Crippen LogP contribution in [0.15, 0.2) is 16.7 Å². The Morgan fingerprint density at radius 3 is 2.70 bits per heavy atom. The van der Waals surface area contributed by atoms with E-state index in [9.17, 15) is 4.79 Å². The second kappa shape index (κ2) is 5.58. The Labute approximate surface area is 118 Å². The van der Waals surface area contributed by atoms with E-state index in [4.69, 9.17) is 13.9 Å². The van der Waals surface area contributed by atoms with Crippen molar-refractivity contribution in [2.45, 2.75) is 50.9 Å². The van der Waals surface area contributed by atoms with E-state index in [0.717, 1.165) is 37.9 Å². The zero-order valence-electron chi connectivity index (χ0n) is 11.8. The van der Waals surface area contributed by atoms with Crippen LogP contribution in [0.3, 0.4) is 0 Å². The fourth-order valence-electron chi connectivity index (χ4n) is 3.07. The maximum absolute atomic E-state index is 12.2. The largest absolute Gasteiger partial charge is 0.469 e. The first kappa shape index (κ1) is 13.6. The molecular weight excluding hydrogens is 258 g/mol. The van der Waals surface area contributed by atoms with Crippen molar-refractivity contribution in [1.29, 1.82) is 0 Å². The molecule has 1 spiro atoms. The van der Waals surface area contributed by atoms with Crippen molar-refractivity contribution in [1.82, 2.24) is 5.32 Å². The summed E-state index contributed by atoms with van der Waals surface area (Å²) < 4.78 is 16.7. The molecule has 2 aliphatic rings. The summed E-state index contributed by atoms with van der Waals surface area (Å²) in [6, 6.07) is 1.93. The number of aryl methyl sites for hydroxylation is 1. The minimum atomic E-state index is -0.370. The van der Waals surface area contributed by atoms with Gasteiger partial charge in [0.1, 0.15) is 5.76 Å². The summed E-state index contributed by atoms with van der Waals surface area (Å²) in [7, 11) is 0. The smallest absolute Gasteiger partial charge is 0.255 e. The number of amides is 1. The van der Waals surface area contributed by atoms with Crippen LogP contribution < -0.4 is 5.32 Å². The Morgan fingerprint density at radius 2 is 2.05 bits per heavy atom. The average Bonchev–Trinajstić information content (AvgIpc) is 3.11. The minimum Gasteiger partial charge on any atom is -0.469 e. The summed E-state index contributed by atoms with van der Waals surface area (Å²) in [6.07, 6.45) is 5.79. The first-order valence-corrected chi connectivity index (χ1v) is 7.37. The fraction of sp³-hybridized carbons (Fsp3) is 0.667. The Kier molecular flexibility index (Phi) is 3.81. The molecule has 20 heavy (non-hydrogen) atoms. The summed E-state index contributed by atoms with van der Waals surface area (Å²) >= 11 is 0. The van der Waals surface area contributed by atoms with Crippen molar-refractivity contribution in [2.24, 2.45) is 0 Å². The van der Waals surface area contributed by atoms with Gasteiger partial charge < -0.3 is 19.2 Å². The highest BCUT2D eigenvalue weighted by atomic mass is 16.7. The fourth-order valence-corrected chi connectivity index (χ4v) is 3.07. The highest BCUT2D eigenvalue weighted by molar-refractivity contribution is 5.95. The molecule has 3 rings (SSSR count). The summed E-state index contributed by atoms with van der Waals surface area (Å²) in [6.45, 7) is 3.35. The SMILES string of the molecule is CCc1occc1C(=O)NC1CCC2(CC1)OCCO2. The molecule has 0 atom stereocenters. The maximum Gasteiger partial charge on any atom is 0.255 e. The number of carbonyl (C=O) groups is 1. The van der Waals surface area contributed by atoms with E-state index < -0.39 is 0 Å². The molecule has 5 nitrogen and oxygen atoms in total. The number of carbonyl (C=O) groups excluding carboxylic acids is 1. The number of hydrogen-bond acceptors (Lipinski definition) is 4. The molecule has 1 amide bonds. The van der Waals surface area contributed by atoms with E-state index in [0.29, 0.717) is 18.8 Å². The van der Waals surface area contributed by atoms with Gasteiger partial charge in [0, 0.05) is 25.3 Å². The lowest BCUT2D eigenvalue weighted by molar-refractivity contribution is -0.179. The van der Waals surface area contributed by atoms with Gasteiger partial charge in [0.2, 0.25) is 0 Å². The summed E-state index contributed by atoms with van der Waals surface area (Å²) in [5.41, 5.74) is 0.654. The van der Waals surface area contributed by atoms with Crippen molar-refractivity contribution in [3.8, 4) is 0 Å². The van der Waals surface area contributed by atoms with Crippen molar-refractivity contribution < 1.29 is 18.7 Å². The van der Waals surface area contributed by atoms with Gasteiger partial charge in [-0.1, -0.05) is 6.92 Å². The van der Waals surface area contributed by atoms with Gasteiger partial charge in [-0.3, -0.25) is 4.79 Å². The molecule has 1 saturated heterocycles. The molecule has 0 aromatic carbocycles. The van der Waals surface area contributed by atoms with Gasteiger partial charge in [0.25, 0.3) is 5.91 Å². The van der Waals surface area contributed by atoms with Crippen LogP contribution in [-0.4, -0.2) is 30.9 Å².